The zero-order valence-electron chi connectivity index (χ0n) is 21.6. The van der Waals surface area contributed by atoms with E-state index in [0.717, 1.165) is 5.56 Å². The Bertz CT molecular complexity index is 1290. The molecule has 210 valence electrons. The molecule has 1 heterocycles. The van der Waals surface area contributed by atoms with Gasteiger partial charge in [-0.1, -0.05) is 22.0 Å². The highest BCUT2D eigenvalue weighted by Crippen LogP contribution is 2.43. The molecule has 0 aliphatic rings. The summed E-state index contributed by atoms with van der Waals surface area (Å²) in [4.78, 5) is 20.3. The minimum atomic E-state index is -4.75. The molecule has 2 aromatic carbocycles. The Hall–Kier alpha value is -2.99. The van der Waals surface area contributed by atoms with Crippen LogP contribution in [0.5, 0.6) is 5.75 Å². The van der Waals surface area contributed by atoms with Gasteiger partial charge in [0.1, 0.15) is 17.1 Å². The second-order valence-corrected chi connectivity index (χ2v) is 10.2. The first-order valence-electron chi connectivity index (χ1n) is 11.8. The van der Waals surface area contributed by atoms with E-state index in [1.54, 1.807) is 18.2 Å². The number of amides is 1. The Morgan fingerprint density at radius 3 is 2.36 bits per heavy atom. The van der Waals surface area contributed by atoms with Gasteiger partial charge in [0.25, 0.3) is 5.91 Å². The lowest BCUT2D eigenvalue weighted by atomic mass is 10.1. The summed E-state index contributed by atoms with van der Waals surface area (Å²) in [5.41, 5.74) is 0.511. The molecular formula is C25H28BrF3N5O4P. The van der Waals surface area contributed by atoms with Gasteiger partial charge in [0.15, 0.2) is 8.38 Å². The van der Waals surface area contributed by atoms with Crippen LogP contribution in [0.25, 0.3) is 0 Å². The fourth-order valence-electron chi connectivity index (χ4n) is 3.44. The number of hydrogen-bond donors (Lipinski definition) is 3. The predicted octanol–water partition coefficient (Wildman–Crippen LogP) is 7.00. The second kappa shape index (κ2) is 13.9. The monoisotopic (exact) mass is 629 g/mol. The van der Waals surface area contributed by atoms with Crippen molar-refractivity contribution in [3.63, 3.8) is 0 Å². The van der Waals surface area contributed by atoms with Crippen LogP contribution in [0.15, 0.2) is 47.1 Å². The number of aromatic nitrogens is 2. The molecule has 0 fully saturated rings. The van der Waals surface area contributed by atoms with Crippen molar-refractivity contribution in [2.24, 2.45) is 0 Å². The van der Waals surface area contributed by atoms with Crippen LogP contribution in [0.1, 0.15) is 35.3 Å². The number of carbonyl (C=O) groups excluding carboxylic acids is 1. The normalized spacial score (nSPS) is 11.4. The molecule has 14 heteroatoms. The highest BCUT2D eigenvalue weighted by atomic mass is 79.9. The molecule has 0 unspecified atom stereocenters. The molecule has 1 aromatic heterocycles. The van der Waals surface area contributed by atoms with E-state index in [1.807, 2.05) is 19.9 Å². The zero-order valence-corrected chi connectivity index (χ0v) is 24.1. The Labute approximate surface area is 233 Å². The SMILES string of the molecule is CCOP(Cc1ccc(Nc2ncc(C(F)(F)F)c(Nc3ccc(Br)cc3C(=O)NC)n2)c(OC)c1)OCC. The first-order valence-corrected chi connectivity index (χ1v) is 13.9. The number of nitrogens with one attached hydrogen (secondary N) is 3. The first-order chi connectivity index (χ1) is 18.6. The number of rotatable bonds is 12. The number of methoxy groups -OCH3 is 1. The van der Waals surface area contributed by atoms with Gasteiger partial charge in [0, 0.05) is 23.9 Å². The fraction of sp³-hybridized carbons (Fsp3) is 0.320. The van der Waals surface area contributed by atoms with Crippen molar-refractivity contribution in [1.29, 1.82) is 0 Å². The number of hydrogen-bond acceptors (Lipinski definition) is 8. The van der Waals surface area contributed by atoms with Crippen LogP contribution in [-0.4, -0.2) is 43.2 Å². The first kappa shape index (κ1) is 30.6. The van der Waals surface area contributed by atoms with Gasteiger partial charge >= 0.3 is 6.18 Å². The van der Waals surface area contributed by atoms with Crippen LogP contribution < -0.4 is 20.7 Å². The van der Waals surface area contributed by atoms with Crippen molar-refractivity contribution in [2.45, 2.75) is 26.2 Å². The lowest BCUT2D eigenvalue weighted by Gasteiger charge is -2.18. The topological polar surface area (TPSA) is 107 Å². The summed E-state index contributed by atoms with van der Waals surface area (Å²) in [6.45, 7) is 4.83. The third-order valence-corrected chi connectivity index (χ3v) is 7.38. The fourth-order valence-corrected chi connectivity index (χ4v) is 5.13. The molecule has 0 aliphatic carbocycles. The molecule has 3 N–H and O–H groups in total. The minimum Gasteiger partial charge on any atom is -0.495 e. The molecule has 0 radical (unpaired) electrons. The molecule has 1 amide bonds. The summed E-state index contributed by atoms with van der Waals surface area (Å²) < 4.78 is 58.8. The van der Waals surface area contributed by atoms with Crippen LogP contribution in [0.3, 0.4) is 0 Å². The van der Waals surface area contributed by atoms with Crippen molar-refractivity contribution in [3.05, 3.63) is 63.8 Å². The average molecular weight is 630 g/mol. The summed E-state index contributed by atoms with van der Waals surface area (Å²) in [7, 11) is 1.79. The van der Waals surface area contributed by atoms with Gasteiger partial charge < -0.3 is 29.7 Å². The predicted molar refractivity (Wildman–Crippen MR) is 148 cm³/mol. The van der Waals surface area contributed by atoms with Gasteiger partial charge in [-0.05, 0) is 49.7 Å². The van der Waals surface area contributed by atoms with E-state index in [-0.39, 0.29) is 17.2 Å². The van der Waals surface area contributed by atoms with Gasteiger partial charge in [-0.15, -0.1) is 0 Å². The van der Waals surface area contributed by atoms with E-state index in [1.165, 1.54) is 26.3 Å². The summed E-state index contributed by atoms with van der Waals surface area (Å²) in [6, 6.07) is 9.90. The van der Waals surface area contributed by atoms with Crippen molar-refractivity contribution in [1.82, 2.24) is 15.3 Å². The number of anilines is 4. The van der Waals surface area contributed by atoms with Gasteiger partial charge in [0.05, 0.1) is 37.3 Å². The number of ether oxygens (including phenoxy) is 1. The molecule has 3 aromatic rings. The quantitative estimate of drug-likeness (QED) is 0.184. The third-order valence-electron chi connectivity index (χ3n) is 5.17. The van der Waals surface area contributed by atoms with Crippen LogP contribution in [0, 0.1) is 0 Å². The molecule has 39 heavy (non-hydrogen) atoms. The van der Waals surface area contributed by atoms with Crippen molar-refractivity contribution < 1.29 is 31.8 Å². The van der Waals surface area contributed by atoms with Crippen molar-refractivity contribution in [3.8, 4) is 5.75 Å². The minimum absolute atomic E-state index is 0.110. The number of benzene rings is 2. The maximum absolute atomic E-state index is 13.8. The number of nitrogens with zero attached hydrogens (tertiary/aromatic N) is 2. The zero-order chi connectivity index (χ0) is 28.6. The Balaban J connectivity index is 1.94. The van der Waals surface area contributed by atoms with Crippen molar-refractivity contribution in [2.75, 3.05) is 38.0 Å². The van der Waals surface area contributed by atoms with Crippen LogP contribution in [-0.2, 0) is 21.4 Å². The van der Waals surface area contributed by atoms with E-state index >= 15 is 0 Å². The maximum atomic E-state index is 13.8. The Morgan fingerprint density at radius 2 is 1.74 bits per heavy atom. The van der Waals surface area contributed by atoms with E-state index in [4.69, 9.17) is 13.8 Å². The number of alkyl halides is 3. The maximum Gasteiger partial charge on any atom is 0.421 e. The van der Waals surface area contributed by atoms with E-state index in [2.05, 4.69) is 41.8 Å². The molecular weight excluding hydrogens is 602 g/mol. The molecule has 0 saturated carbocycles. The van der Waals surface area contributed by atoms with E-state index in [0.29, 0.717) is 41.5 Å². The molecule has 3 rings (SSSR count). The number of halogens is 4. The average Bonchev–Trinajstić information content (AvgIpc) is 2.89. The highest BCUT2D eigenvalue weighted by molar-refractivity contribution is 9.10. The summed E-state index contributed by atoms with van der Waals surface area (Å²) in [5, 5.41) is 8.04. The molecule has 0 aliphatic heterocycles. The molecule has 0 saturated heterocycles. The third kappa shape index (κ3) is 8.25. The largest absolute Gasteiger partial charge is 0.495 e. The molecule has 9 nitrogen and oxygen atoms in total. The van der Waals surface area contributed by atoms with Crippen LogP contribution >= 0.6 is 24.3 Å². The molecule has 0 atom stereocenters. The van der Waals surface area contributed by atoms with Gasteiger partial charge in [0.2, 0.25) is 5.95 Å². The molecule has 0 spiro atoms. The lowest BCUT2D eigenvalue weighted by molar-refractivity contribution is -0.137. The standard InChI is InChI=1S/C25H28BrF3N5O4P/c1-5-37-39(38-6-2)14-15-7-9-20(21(11-15)36-4)33-24-31-13-18(25(27,28)29)22(34-24)32-19-10-8-16(26)12-17(19)23(35)30-3/h7-13H,5-6,14H2,1-4H3,(H,30,35)(H2,31,32,33,34). The van der Waals surface area contributed by atoms with Crippen LogP contribution in [0.2, 0.25) is 0 Å². The van der Waals surface area contributed by atoms with Crippen LogP contribution in [0.4, 0.5) is 36.3 Å². The van der Waals surface area contributed by atoms with Gasteiger partial charge in [-0.25, -0.2) is 4.98 Å². The second-order valence-electron chi connectivity index (χ2n) is 7.83. The lowest BCUT2D eigenvalue weighted by Crippen LogP contribution is -2.20. The van der Waals surface area contributed by atoms with Gasteiger partial charge in [-0.2, -0.15) is 18.2 Å². The smallest absolute Gasteiger partial charge is 0.421 e. The highest BCUT2D eigenvalue weighted by Gasteiger charge is 2.35. The molecule has 0 bridgehead atoms. The van der Waals surface area contributed by atoms with E-state index in [9.17, 15) is 18.0 Å². The summed E-state index contributed by atoms with van der Waals surface area (Å²) >= 11 is 3.27. The van der Waals surface area contributed by atoms with Gasteiger partial charge in [-0.3, -0.25) is 4.79 Å². The Kier molecular flexibility index (Phi) is 10.9. The summed E-state index contributed by atoms with van der Waals surface area (Å²) in [5.74, 6) is -0.687. The van der Waals surface area contributed by atoms with E-state index < -0.39 is 31.8 Å². The Morgan fingerprint density at radius 1 is 1.05 bits per heavy atom. The van der Waals surface area contributed by atoms with Crippen molar-refractivity contribution >= 4 is 53.4 Å². The number of carbonyl (C=O) groups is 1. The summed E-state index contributed by atoms with van der Waals surface area (Å²) in [6.07, 6.45) is -3.53.